The average molecular weight is 343 g/mol. The van der Waals surface area contributed by atoms with Gasteiger partial charge in [-0.2, -0.15) is 0 Å². The van der Waals surface area contributed by atoms with E-state index in [1.807, 2.05) is 0 Å². The number of benzene rings is 1. The summed E-state index contributed by atoms with van der Waals surface area (Å²) in [7, 11) is 0. The van der Waals surface area contributed by atoms with Crippen LogP contribution in [0.25, 0.3) is 0 Å². The first kappa shape index (κ1) is 16.7. The highest BCUT2D eigenvalue weighted by Crippen LogP contribution is 2.25. The Morgan fingerprint density at radius 3 is 2.40 bits per heavy atom. The number of rotatable bonds is 4. The zero-order chi connectivity index (χ0) is 15.3. The molecule has 0 saturated carbocycles. The van der Waals surface area contributed by atoms with Crippen LogP contribution in [-0.4, -0.2) is 18.5 Å². The summed E-state index contributed by atoms with van der Waals surface area (Å²) >= 11 is 3.33. The molecule has 5 heteroatoms. The first-order chi connectivity index (χ1) is 9.29. The molecule has 0 atom stereocenters. The molecule has 20 heavy (non-hydrogen) atoms. The summed E-state index contributed by atoms with van der Waals surface area (Å²) in [6, 6.07) is 5.08. The molecule has 0 spiro atoms. The Balaban J connectivity index is 3.12. The van der Waals surface area contributed by atoms with Crippen LogP contribution in [0.2, 0.25) is 0 Å². The van der Waals surface area contributed by atoms with Gasteiger partial charge in [0.25, 0.3) is 0 Å². The molecule has 1 rings (SSSR count). The molecule has 1 aromatic carbocycles. The number of ether oxygens (including phenoxy) is 2. The molecule has 0 bridgehead atoms. The van der Waals surface area contributed by atoms with Gasteiger partial charge in [0.05, 0.1) is 12.0 Å². The number of esters is 2. The molecule has 0 fully saturated rings. The quantitative estimate of drug-likeness (QED) is 0.475. The number of hydrogen-bond acceptors (Lipinski definition) is 4. The Bertz CT molecular complexity index is 503. The lowest BCUT2D eigenvalue weighted by Crippen LogP contribution is -2.26. The van der Waals surface area contributed by atoms with E-state index in [0.29, 0.717) is 5.33 Å². The molecule has 0 amide bonds. The Labute approximate surface area is 127 Å². The molecule has 0 saturated heterocycles. The summed E-state index contributed by atoms with van der Waals surface area (Å²) in [6.45, 7) is 7.27. The van der Waals surface area contributed by atoms with Gasteiger partial charge in [-0.15, -0.1) is 0 Å². The van der Waals surface area contributed by atoms with E-state index in [0.717, 1.165) is 5.56 Å². The SMILES string of the molecule is CCOC(=O)c1cc(CBr)ccc1OC(=O)C(C)(C)C. The van der Waals surface area contributed by atoms with Gasteiger partial charge in [-0.05, 0) is 45.4 Å². The van der Waals surface area contributed by atoms with Crippen LogP contribution in [0.15, 0.2) is 18.2 Å². The lowest BCUT2D eigenvalue weighted by molar-refractivity contribution is -0.143. The molecule has 0 aliphatic heterocycles. The molecular weight excluding hydrogens is 324 g/mol. The van der Waals surface area contributed by atoms with E-state index < -0.39 is 17.4 Å². The van der Waals surface area contributed by atoms with Crippen LogP contribution in [0.4, 0.5) is 0 Å². The summed E-state index contributed by atoms with van der Waals surface area (Å²) in [5, 5.41) is 0.604. The third kappa shape index (κ3) is 4.34. The minimum atomic E-state index is -0.639. The van der Waals surface area contributed by atoms with Crippen LogP contribution in [0.3, 0.4) is 0 Å². The van der Waals surface area contributed by atoms with Gasteiger partial charge in [-0.1, -0.05) is 22.0 Å². The molecular formula is C15H19BrO4. The molecule has 0 radical (unpaired) electrons. The van der Waals surface area contributed by atoms with Gasteiger partial charge in [0.15, 0.2) is 0 Å². The second-order valence-corrected chi connectivity index (χ2v) is 5.88. The number of halogens is 1. The minimum Gasteiger partial charge on any atom is -0.462 e. The molecule has 0 aromatic heterocycles. The summed E-state index contributed by atoms with van der Waals surface area (Å²) < 4.78 is 10.3. The molecule has 0 aliphatic carbocycles. The monoisotopic (exact) mass is 342 g/mol. The number of alkyl halides is 1. The largest absolute Gasteiger partial charge is 0.462 e. The highest BCUT2D eigenvalue weighted by Gasteiger charge is 2.26. The maximum Gasteiger partial charge on any atom is 0.341 e. The van der Waals surface area contributed by atoms with Crippen LogP contribution in [0, 0.1) is 5.41 Å². The molecule has 0 heterocycles. The average Bonchev–Trinajstić information content (AvgIpc) is 2.38. The molecule has 0 unspecified atom stereocenters. The first-order valence-electron chi connectivity index (χ1n) is 6.38. The van der Waals surface area contributed by atoms with Gasteiger partial charge >= 0.3 is 11.9 Å². The fourth-order valence-electron chi connectivity index (χ4n) is 1.37. The summed E-state index contributed by atoms with van der Waals surface area (Å²) in [6.07, 6.45) is 0. The van der Waals surface area contributed by atoms with Crippen LogP contribution >= 0.6 is 15.9 Å². The zero-order valence-corrected chi connectivity index (χ0v) is 13.7. The fraction of sp³-hybridized carbons (Fsp3) is 0.467. The lowest BCUT2D eigenvalue weighted by atomic mass is 9.97. The van der Waals surface area contributed by atoms with Crippen LogP contribution < -0.4 is 4.74 Å². The Hall–Kier alpha value is -1.36. The van der Waals surface area contributed by atoms with E-state index in [-0.39, 0.29) is 17.9 Å². The predicted molar refractivity (Wildman–Crippen MR) is 80.1 cm³/mol. The van der Waals surface area contributed by atoms with Crippen molar-refractivity contribution in [3.05, 3.63) is 29.3 Å². The van der Waals surface area contributed by atoms with Crippen molar-refractivity contribution in [2.45, 2.75) is 33.0 Å². The summed E-state index contributed by atoms with van der Waals surface area (Å²) in [4.78, 5) is 23.9. The van der Waals surface area contributed by atoms with Gasteiger partial charge in [0.1, 0.15) is 11.3 Å². The van der Waals surface area contributed by atoms with Gasteiger partial charge in [-0.25, -0.2) is 4.79 Å². The van der Waals surface area contributed by atoms with Gasteiger partial charge < -0.3 is 9.47 Å². The highest BCUT2D eigenvalue weighted by atomic mass is 79.9. The van der Waals surface area contributed by atoms with E-state index in [1.165, 1.54) is 0 Å². The van der Waals surface area contributed by atoms with E-state index in [9.17, 15) is 9.59 Å². The Morgan fingerprint density at radius 2 is 1.90 bits per heavy atom. The molecule has 4 nitrogen and oxygen atoms in total. The zero-order valence-electron chi connectivity index (χ0n) is 12.2. The van der Waals surface area contributed by atoms with Crippen LogP contribution in [-0.2, 0) is 14.9 Å². The fourth-order valence-corrected chi connectivity index (χ4v) is 1.72. The maximum atomic E-state index is 11.9. The van der Waals surface area contributed by atoms with E-state index >= 15 is 0 Å². The summed E-state index contributed by atoms with van der Waals surface area (Å²) in [5.74, 6) is -0.658. The number of hydrogen-bond donors (Lipinski definition) is 0. The number of carbonyl (C=O) groups is 2. The molecule has 0 aliphatic rings. The van der Waals surface area contributed by atoms with Crippen molar-refractivity contribution < 1.29 is 19.1 Å². The van der Waals surface area contributed by atoms with Crippen molar-refractivity contribution in [3.8, 4) is 5.75 Å². The van der Waals surface area contributed by atoms with E-state index in [4.69, 9.17) is 9.47 Å². The van der Waals surface area contributed by atoms with Crippen molar-refractivity contribution in [2.24, 2.45) is 5.41 Å². The van der Waals surface area contributed by atoms with Crippen molar-refractivity contribution in [3.63, 3.8) is 0 Å². The molecule has 0 N–H and O–H groups in total. The predicted octanol–water partition coefficient (Wildman–Crippen LogP) is 3.71. The molecule has 110 valence electrons. The van der Waals surface area contributed by atoms with Crippen molar-refractivity contribution in [1.82, 2.24) is 0 Å². The van der Waals surface area contributed by atoms with Crippen molar-refractivity contribution in [2.75, 3.05) is 6.61 Å². The second kappa shape index (κ2) is 6.88. The lowest BCUT2D eigenvalue weighted by Gasteiger charge is -2.18. The van der Waals surface area contributed by atoms with Crippen LogP contribution in [0.5, 0.6) is 5.75 Å². The van der Waals surface area contributed by atoms with Gasteiger partial charge in [-0.3, -0.25) is 4.79 Å². The Kier molecular flexibility index (Phi) is 5.74. The van der Waals surface area contributed by atoms with Crippen molar-refractivity contribution in [1.29, 1.82) is 0 Å². The maximum absolute atomic E-state index is 11.9. The highest BCUT2D eigenvalue weighted by molar-refractivity contribution is 9.08. The van der Waals surface area contributed by atoms with Crippen molar-refractivity contribution >= 4 is 27.9 Å². The van der Waals surface area contributed by atoms with E-state index in [2.05, 4.69) is 15.9 Å². The third-order valence-corrected chi connectivity index (χ3v) is 3.16. The third-order valence-electron chi connectivity index (χ3n) is 2.51. The first-order valence-corrected chi connectivity index (χ1v) is 7.50. The second-order valence-electron chi connectivity index (χ2n) is 5.32. The Morgan fingerprint density at radius 1 is 1.25 bits per heavy atom. The normalized spacial score (nSPS) is 11.1. The smallest absolute Gasteiger partial charge is 0.341 e. The minimum absolute atomic E-state index is 0.230. The molecule has 1 aromatic rings. The summed E-state index contributed by atoms with van der Waals surface area (Å²) in [5.41, 5.74) is 0.532. The standard InChI is InChI=1S/C15H19BrO4/c1-5-19-13(17)11-8-10(9-16)6-7-12(11)20-14(18)15(2,3)4/h6-8H,5,9H2,1-4H3. The number of carbonyl (C=O) groups excluding carboxylic acids is 2. The van der Waals surface area contributed by atoms with Crippen LogP contribution in [0.1, 0.15) is 43.6 Å². The van der Waals surface area contributed by atoms with Gasteiger partial charge in [0, 0.05) is 5.33 Å². The topological polar surface area (TPSA) is 52.6 Å². The van der Waals surface area contributed by atoms with Gasteiger partial charge in [0.2, 0.25) is 0 Å². The van der Waals surface area contributed by atoms with E-state index in [1.54, 1.807) is 45.9 Å².